The van der Waals surface area contributed by atoms with Crippen molar-refractivity contribution in [1.82, 2.24) is 18.3 Å². The molecule has 1 aliphatic carbocycles. The normalized spacial score (nSPS) is 15.2. The molecule has 0 N–H and O–H groups in total. The van der Waals surface area contributed by atoms with Gasteiger partial charge in [0, 0.05) is 70.3 Å². The van der Waals surface area contributed by atoms with Crippen LogP contribution in [0.15, 0.2) is 194 Å². The van der Waals surface area contributed by atoms with Gasteiger partial charge < -0.3 is 18.3 Å². The van der Waals surface area contributed by atoms with Gasteiger partial charge in [0.25, 0.3) is 13.4 Å². The van der Waals surface area contributed by atoms with Gasteiger partial charge in [-0.3, -0.25) is 0 Å². The monoisotopic (exact) mass is 952 g/mol. The highest BCUT2D eigenvalue weighted by Gasteiger charge is 2.50. The molecule has 0 saturated carbocycles. The summed E-state index contributed by atoms with van der Waals surface area (Å²) in [6.45, 7) is 5.15. The van der Waals surface area contributed by atoms with Gasteiger partial charge in [-0.15, -0.1) is 11.3 Å². The summed E-state index contributed by atoms with van der Waals surface area (Å²) in [6, 6.07) is 74.8. The van der Waals surface area contributed by atoms with E-state index >= 15 is 0 Å². The molecule has 4 nitrogen and oxygen atoms in total. The van der Waals surface area contributed by atoms with Gasteiger partial charge in [0.2, 0.25) is 0 Å². The molecule has 15 aromatic rings. The Hall–Kier alpha value is -8.77. The Labute approximate surface area is 428 Å². The maximum absolute atomic E-state index is 2.73. The molecule has 0 amide bonds. The minimum atomic E-state index is -0.238. The first kappa shape index (κ1) is 37.9. The highest BCUT2D eigenvalue weighted by molar-refractivity contribution is 7.25. The van der Waals surface area contributed by atoms with Crippen LogP contribution >= 0.6 is 11.3 Å². The number of hydrogen-bond donors (Lipinski definition) is 0. The molecule has 0 atom stereocenters. The summed E-state index contributed by atoms with van der Waals surface area (Å²) in [5.74, 6) is 0. The predicted octanol–water partition coefficient (Wildman–Crippen LogP) is 13.2. The molecule has 10 aromatic carbocycles. The van der Waals surface area contributed by atoms with Gasteiger partial charge in [-0.1, -0.05) is 153 Å². The molecule has 338 valence electrons. The summed E-state index contributed by atoms with van der Waals surface area (Å²) >= 11 is 1.94. The first-order chi connectivity index (χ1) is 36.5. The van der Waals surface area contributed by atoms with Gasteiger partial charge in [-0.2, -0.15) is 0 Å². The van der Waals surface area contributed by atoms with Crippen LogP contribution in [0.25, 0.3) is 136 Å². The highest BCUT2D eigenvalue weighted by Crippen LogP contribution is 2.56. The number of thiophene rings is 1. The SMILES string of the molecule is CC1(C)C2=C(B3c4ccccc4-n4c5ccccc5c5cc6c7ccc(-c8ccc9c%10cc%11c%12ccccc%12n%12c%11c%11c%10n(c9c8)-c8ccccc8B%11c8c-%12sc9ccccc89)cc7n2c6c3c54)c2ccccc21. The van der Waals surface area contributed by atoms with Crippen molar-refractivity contribution in [2.45, 2.75) is 19.3 Å². The number of hydrogen-bond acceptors (Lipinski definition) is 1. The molecule has 7 heteroatoms. The lowest BCUT2D eigenvalue weighted by atomic mass is 9.33. The van der Waals surface area contributed by atoms with E-state index in [0.29, 0.717) is 0 Å². The maximum atomic E-state index is 2.73. The van der Waals surface area contributed by atoms with Crippen LogP contribution < -0.4 is 27.3 Å². The summed E-state index contributed by atoms with van der Waals surface area (Å²) in [7, 11) is 0. The van der Waals surface area contributed by atoms with Crippen molar-refractivity contribution < 1.29 is 0 Å². The van der Waals surface area contributed by atoms with Gasteiger partial charge in [0.1, 0.15) is 0 Å². The minimum absolute atomic E-state index is 0.103. The van der Waals surface area contributed by atoms with E-state index in [1.807, 2.05) is 11.3 Å². The fourth-order valence-corrected chi connectivity index (χ4v) is 17.3. The molecule has 0 fully saturated rings. The molecular formula is C67H38B2N4S. The van der Waals surface area contributed by atoms with E-state index in [-0.39, 0.29) is 18.8 Å². The van der Waals surface area contributed by atoms with E-state index in [4.69, 9.17) is 0 Å². The van der Waals surface area contributed by atoms with Crippen molar-refractivity contribution in [2.75, 3.05) is 0 Å². The standard InChI is InChI=1S/C67H38B2N4S/c1-67(2)47-19-7-3-17-41(47)57-65(67)72-55-32-36(28-30-40(55)46-33-43-37-15-4-10-22-50(37)70-52-24-12-8-20-48(52)68(57)59(61(43)70)63(46)72)35-27-29-39-45-34-44-38-16-5-11-23-51(38)73-64(44)60-62(45)71(54(39)31-35)53-25-13-9-21-49(53)69(60)58-42-18-6-14-26-56(42)74-66(58)73/h3-34H,1-2H3. The van der Waals surface area contributed by atoms with Crippen molar-refractivity contribution in [2.24, 2.45) is 0 Å². The number of aromatic nitrogens is 4. The average molecular weight is 953 g/mol. The quantitative estimate of drug-likeness (QED) is 0.146. The van der Waals surface area contributed by atoms with Crippen LogP contribution in [0.4, 0.5) is 0 Å². The van der Waals surface area contributed by atoms with Crippen molar-refractivity contribution >= 4 is 161 Å². The molecule has 74 heavy (non-hydrogen) atoms. The van der Waals surface area contributed by atoms with Crippen molar-refractivity contribution in [3.05, 3.63) is 205 Å². The lowest BCUT2D eigenvalue weighted by Gasteiger charge is -2.35. The first-order valence-corrected chi connectivity index (χ1v) is 27.0. The lowest BCUT2D eigenvalue weighted by Crippen LogP contribution is -2.58. The van der Waals surface area contributed by atoms with Gasteiger partial charge >= 0.3 is 0 Å². The first-order valence-electron chi connectivity index (χ1n) is 26.2. The second-order valence-corrected chi connectivity index (χ2v) is 23.3. The molecule has 5 aromatic heterocycles. The number of para-hydroxylation sites is 4. The van der Waals surface area contributed by atoms with Crippen LogP contribution in [0.3, 0.4) is 0 Å². The van der Waals surface area contributed by atoms with Crippen LogP contribution in [0.1, 0.15) is 25.0 Å². The molecule has 4 aliphatic heterocycles. The third-order valence-electron chi connectivity index (χ3n) is 18.7. The summed E-state index contributed by atoms with van der Waals surface area (Å²) in [5, 5.41) is 13.3. The zero-order valence-electron chi connectivity index (χ0n) is 40.3. The third kappa shape index (κ3) is 4.01. The summed E-state index contributed by atoms with van der Waals surface area (Å²) in [5.41, 5.74) is 28.0. The molecule has 0 bridgehead atoms. The second kappa shape index (κ2) is 12.3. The Morgan fingerprint density at radius 1 is 0.378 bits per heavy atom. The Balaban J connectivity index is 0.895. The van der Waals surface area contributed by atoms with E-state index in [1.165, 1.54) is 174 Å². The van der Waals surface area contributed by atoms with Crippen molar-refractivity contribution in [3.63, 3.8) is 0 Å². The van der Waals surface area contributed by atoms with Gasteiger partial charge in [0.05, 0.1) is 49.1 Å². The van der Waals surface area contributed by atoms with Crippen LogP contribution in [0, 0.1) is 0 Å². The predicted molar refractivity (Wildman–Crippen MR) is 316 cm³/mol. The Morgan fingerprint density at radius 2 is 0.865 bits per heavy atom. The molecule has 9 heterocycles. The molecule has 0 saturated heterocycles. The van der Waals surface area contributed by atoms with Crippen LogP contribution in [-0.2, 0) is 5.41 Å². The molecule has 0 spiro atoms. The van der Waals surface area contributed by atoms with Crippen molar-refractivity contribution in [1.29, 1.82) is 0 Å². The number of nitrogens with zero attached hydrogens (tertiary/aromatic N) is 4. The molecule has 20 rings (SSSR count). The molecular weight excluding hydrogens is 914 g/mol. The smallest absolute Gasteiger partial charge is 0.254 e. The average Bonchev–Trinajstić information content (AvgIpc) is 4.39. The Morgan fingerprint density at radius 3 is 1.55 bits per heavy atom. The fourth-order valence-electron chi connectivity index (χ4n) is 16.0. The molecule has 0 radical (unpaired) electrons. The van der Waals surface area contributed by atoms with E-state index in [0.717, 1.165) is 0 Å². The van der Waals surface area contributed by atoms with Gasteiger partial charge in [0.15, 0.2) is 0 Å². The van der Waals surface area contributed by atoms with E-state index in [1.54, 1.807) is 0 Å². The van der Waals surface area contributed by atoms with Crippen LogP contribution in [-0.4, -0.2) is 31.7 Å². The zero-order valence-corrected chi connectivity index (χ0v) is 41.1. The number of fused-ring (bicyclic) bond motifs is 27. The topological polar surface area (TPSA) is 19.7 Å². The van der Waals surface area contributed by atoms with Crippen LogP contribution in [0.2, 0.25) is 0 Å². The summed E-state index contributed by atoms with van der Waals surface area (Å²) in [4.78, 5) is 0. The highest BCUT2D eigenvalue weighted by atomic mass is 32.1. The number of allylic oxidation sites excluding steroid dienone is 1. The maximum Gasteiger partial charge on any atom is 0.254 e. The Kier molecular flexibility index (Phi) is 6.33. The fraction of sp³-hybridized carbons (Fsp3) is 0.0448. The third-order valence-corrected chi connectivity index (χ3v) is 19.9. The van der Waals surface area contributed by atoms with Gasteiger partial charge in [-0.25, -0.2) is 0 Å². The van der Waals surface area contributed by atoms with E-state index in [2.05, 4.69) is 226 Å². The summed E-state index contributed by atoms with van der Waals surface area (Å²) in [6.07, 6.45) is 0. The zero-order chi connectivity index (χ0) is 47.8. The number of rotatable bonds is 1. The van der Waals surface area contributed by atoms with Crippen LogP contribution in [0.5, 0.6) is 0 Å². The largest absolute Gasteiger partial charge is 0.313 e. The second-order valence-electron chi connectivity index (χ2n) is 22.2. The van der Waals surface area contributed by atoms with Gasteiger partial charge in [-0.05, 0) is 115 Å². The van der Waals surface area contributed by atoms with Crippen molar-refractivity contribution in [3.8, 4) is 27.5 Å². The van der Waals surface area contributed by atoms with E-state index in [9.17, 15) is 0 Å². The lowest BCUT2D eigenvalue weighted by molar-refractivity contribution is 0.676. The van der Waals surface area contributed by atoms with E-state index < -0.39 is 0 Å². The minimum Gasteiger partial charge on any atom is -0.313 e. The summed E-state index contributed by atoms with van der Waals surface area (Å²) < 4.78 is 11.9. The molecule has 0 unspecified atom stereocenters. The number of benzene rings is 10. The molecule has 5 aliphatic rings. The Bertz CT molecular complexity index is 5320.